The van der Waals surface area contributed by atoms with Crippen molar-refractivity contribution >= 4 is 17.6 Å². The summed E-state index contributed by atoms with van der Waals surface area (Å²) < 4.78 is 6.45. The van der Waals surface area contributed by atoms with Gasteiger partial charge in [-0.3, -0.25) is 9.59 Å². The first-order chi connectivity index (χ1) is 9.69. The van der Waals surface area contributed by atoms with Crippen LogP contribution in [-0.2, 0) is 14.3 Å². The van der Waals surface area contributed by atoms with Crippen molar-refractivity contribution < 1.29 is 14.3 Å². The molecule has 1 amide bonds. The molecule has 1 heterocycles. The monoisotopic (exact) mass is 272 g/mol. The van der Waals surface area contributed by atoms with Crippen molar-refractivity contribution in [3.05, 3.63) is 48.8 Å². The number of benzene rings is 1. The van der Waals surface area contributed by atoms with Gasteiger partial charge < -0.3 is 14.6 Å². The summed E-state index contributed by atoms with van der Waals surface area (Å²) in [5.74, 6) is -0.596. The Bertz CT molecular complexity index is 591. The molecule has 0 unspecified atom stereocenters. The summed E-state index contributed by atoms with van der Waals surface area (Å²) in [5, 5.41) is 2.76. The maximum atomic E-state index is 11.7. The van der Waals surface area contributed by atoms with E-state index in [2.05, 4.69) is 10.1 Å². The van der Waals surface area contributed by atoms with Crippen LogP contribution in [0.2, 0.25) is 0 Å². The van der Waals surface area contributed by atoms with Crippen molar-refractivity contribution in [3.63, 3.8) is 0 Å². The van der Waals surface area contributed by atoms with Crippen LogP contribution in [0.5, 0.6) is 0 Å². The van der Waals surface area contributed by atoms with Gasteiger partial charge in [-0.1, -0.05) is 6.07 Å². The number of ether oxygens (including phenoxy) is 1. The zero-order valence-corrected chi connectivity index (χ0v) is 11.2. The molecule has 104 valence electrons. The van der Waals surface area contributed by atoms with Gasteiger partial charge in [0.2, 0.25) is 5.91 Å². The number of esters is 1. The average molecular weight is 272 g/mol. The van der Waals surface area contributed by atoms with E-state index in [0.717, 1.165) is 5.69 Å². The number of hydrogen-bond acceptors (Lipinski definition) is 3. The molecule has 2 aromatic rings. The van der Waals surface area contributed by atoms with Crippen LogP contribution in [0.25, 0.3) is 5.69 Å². The van der Waals surface area contributed by atoms with Gasteiger partial charge in [-0.25, -0.2) is 0 Å². The minimum atomic E-state index is -0.388. The summed E-state index contributed by atoms with van der Waals surface area (Å²) in [6.07, 6.45) is 4.05. The third-order valence-corrected chi connectivity index (χ3v) is 2.82. The quantitative estimate of drug-likeness (QED) is 0.850. The number of carbonyl (C=O) groups is 2. The molecule has 0 fully saturated rings. The highest BCUT2D eigenvalue weighted by molar-refractivity contribution is 5.92. The molecular weight excluding hydrogens is 256 g/mol. The van der Waals surface area contributed by atoms with E-state index in [-0.39, 0.29) is 24.7 Å². The number of methoxy groups -OCH3 is 1. The van der Waals surface area contributed by atoms with Gasteiger partial charge in [-0.05, 0) is 30.3 Å². The van der Waals surface area contributed by atoms with E-state index in [9.17, 15) is 9.59 Å². The van der Waals surface area contributed by atoms with Crippen LogP contribution in [0.1, 0.15) is 12.8 Å². The second-order valence-corrected chi connectivity index (χ2v) is 4.26. The fourth-order valence-corrected chi connectivity index (χ4v) is 1.79. The number of hydrogen-bond donors (Lipinski definition) is 1. The van der Waals surface area contributed by atoms with E-state index in [1.165, 1.54) is 7.11 Å². The zero-order chi connectivity index (χ0) is 14.4. The lowest BCUT2D eigenvalue weighted by atomic mass is 10.2. The molecule has 1 aromatic carbocycles. The number of anilines is 1. The molecule has 0 aliphatic heterocycles. The Morgan fingerprint density at radius 3 is 2.60 bits per heavy atom. The van der Waals surface area contributed by atoms with E-state index in [1.807, 2.05) is 53.4 Å². The van der Waals surface area contributed by atoms with Gasteiger partial charge in [-0.2, -0.15) is 0 Å². The molecular formula is C15H16N2O3. The van der Waals surface area contributed by atoms with Crippen molar-refractivity contribution in [2.24, 2.45) is 0 Å². The molecule has 0 saturated heterocycles. The van der Waals surface area contributed by atoms with Crippen LogP contribution in [0.4, 0.5) is 5.69 Å². The summed E-state index contributed by atoms with van der Waals surface area (Å²) in [6, 6.07) is 11.4. The van der Waals surface area contributed by atoms with Crippen LogP contribution in [0.15, 0.2) is 48.8 Å². The second kappa shape index (κ2) is 6.56. The smallest absolute Gasteiger partial charge is 0.306 e. The highest BCUT2D eigenvalue weighted by Crippen LogP contribution is 2.15. The van der Waals surface area contributed by atoms with E-state index in [4.69, 9.17) is 0 Å². The molecule has 5 heteroatoms. The van der Waals surface area contributed by atoms with Gasteiger partial charge in [0.15, 0.2) is 0 Å². The summed E-state index contributed by atoms with van der Waals surface area (Å²) in [6.45, 7) is 0. The number of aromatic nitrogens is 1. The molecule has 5 nitrogen and oxygen atoms in total. The standard InChI is InChI=1S/C15H16N2O3/c1-20-15(19)8-7-14(18)16-12-5-4-6-13(11-12)17-9-2-3-10-17/h2-6,9-11H,7-8H2,1H3,(H,16,18). The molecule has 20 heavy (non-hydrogen) atoms. The molecule has 0 saturated carbocycles. The number of carbonyl (C=O) groups excluding carboxylic acids is 2. The third-order valence-electron chi connectivity index (χ3n) is 2.82. The predicted octanol–water partition coefficient (Wildman–Crippen LogP) is 2.37. The molecule has 0 aliphatic rings. The fraction of sp³-hybridized carbons (Fsp3) is 0.200. The Kier molecular flexibility index (Phi) is 4.55. The first-order valence-electron chi connectivity index (χ1n) is 6.29. The summed E-state index contributed by atoms with van der Waals surface area (Å²) in [7, 11) is 1.31. The van der Waals surface area contributed by atoms with Crippen molar-refractivity contribution in [3.8, 4) is 5.69 Å². The lowest BCUT2D eigenvalue weighted by Gasteiger charge is -2.08. The maximum absolute atomic E-state index is 11.7. The normalized spacial score (nSPS) is 10.1. The molecule has 0 aliphatic carbocycles. The van der Waals surface area contributed by atoms with Gasteiger partial charge in [0.25, 0.3) is 0 Å². The number of amides is 1. The molecule has 0 bridgehead atoms. The average Bonchev–Trinajstić information content (AvgIpc) is 2.99. The number of nitrogens with zero attached hydrogens (tertiary/aromatic N) is 1. The number of rotatable bonds is 5. The topological polar surface area (TPSA) is 60.3 Å². The van der Waals surface area contributed by atoms with Gasteiger partial charge >= 0.3 is 5.97 Å². The predicted molar refractivity (Wildman–Crippen MR) is 75.6 cm³/mol. The highest BCUT2D eigenvalue weighted by atomic mass is 16.5. The van der Waals surface area contributed by atoms with Gasteiger partial charge in [0.05, 0.1) is 13.5 Å². The summed E-state index contributed by atoms with van der Waals surface area (Å²) in [4.78, 5) is 22.7. The van der Waals surface area contributed by atoms with E-state index in [0.29, 0.717) is 5.69 Å². The Labute approximate surface area is 117 Å². The third kappa shape index (κ3) is 3.71. The first-order valence-corrected chi connectivity index (χ1v) is 6.29. The van der Waals surface area contributed by atoms with Crippen LogP contribution < -0.4 is 5.32 Å². The zero-order valence-electron chi connectivity index (χ0n) is 11.2. The van der Waals surface area contributed by atoms with Crippen LogP contribution in [-0.4, -0.2) is 23.6 Å². The second-order valence-electron chi connectivity index (χ2n) is 4.26. The Hall–Kier alpha value is -2.56. The van der Waals surface area contributed by atoms with Crippen molar-refractivity contribution in [2.75, 3.05) is 12.4 Å². The molecule has 0 radical (unpaired) electrons. The van der Waals surface area contributed by atoms with E-state index >= 15 is 0 Å². The van der Waals surface area contributed by atoms with Gasteiger partial charge in [-0.15, -0.1) is 0 Å². The molecule has 2 rings (SSSR count). The molecule has 1 aromatic heterocycles. The van der Waals surface area contributed by atoms with Crippen molar-refractivity contribution in [1.82, 2.24) is 4.57 Å². The lowest BCUT2D eigenvalue weighted by Crippen LogP contribution is -2.14. The SMILES string of the molecule is COC(=O)CCC(=O)Nc1cccc(-n2cccc2)c1. The van der Waals surface area contributed by atoms with Crippen LogP contribution >= 0.6 is 0 Å². The Morgan fingerprint density at radius 1 is 1.15 bits per heavy atom. The Balaban J connectivity index is 1.98. The van der Waals surface area contributed by atoms with Crippen LogP contribution in [0.3, 0.4) is 0 Å². The highest BCUT2D eigenvalue weighted by Gasteiger charge is 2.07. The molecule has 1 N–H and O–H groups in total. The first kappa shape index (κ1) is 13.9. The van der Waals surface area contributed by atoms with E-state index in [1.54, 1.807) is 0 Å². The summed E-state index contributed by atoms with van der Waals surface area (Å²) in [5.41, 5.74) is 1.66. The maximum Gasteiger partial charge on any atom is 0.306 e. The van der Waals surface area contributed by atoms with Gasteiger partial charge in [0.1, 0.15) is 0 Å². The largest absolute Gasteiger partial charge is 0.469 e. The molecule has 0 atom stereocenters. The lowest BCUT2D eigenvalue weighted by molar-refractivity contribution is -0.141. The summed E-state index contributed by atoms with van der Waals surface area (Å²) >= 11 is 0. The van der Waals surface area contributed by atoms with Crippen molar-refractivity contribution in [2.45, 2.75) is 12.8 Å². The van der Waals surface area contributed by atoms with Gasteiger partial charge in [0, 0.05) is 30.2 Å². The molecule has 0 spiro atoms. The van der Waals surface area contributed by atoms with Crippen LogP contribution in [0, 0.1) is 0 Å². The number of nitrogens with one attached hydrogen (secondary N) is 1. The van der Waals surface area contributed by atoms with Crippen molar-refractivity contribution in [1.29, 1.82) is 0 Å². The Morgan fingerprint density at radius 2 is 1.90 bits per heavy atom. The fourth-order valence-electron chi connectivity index (χ4n) is 1.79. The minimum Gasteiger partial charge on any atom is -0.469 e. The minimum absolute atomic E-state index is 0.0830. The van der Waals surface area contributed by atoms with E-state index < -0.39 is 0 Å².